The van der Waals surface area contributed by atoms with Gasteiger partial charge in [0.25, 0.3) is 5.69 Å². The van der Waals surface area contributed by atoms with Crippen LogP contribution < -0.4 is 4.90 Å². The summed E-state index contributed by atoms with van der Waals surface area (Å²) < 4.78 is 5.41. The molecule has 0 spiro atoms. The van der Waals surface area contributed by atoms with E-state index in [2.05, 4.69) is 46.0 Å². The molecule has 3 rings (SSSR count). The van der Waals surface area contributed by atoms with E-state index in [0.717, 1.165) is 64.3 Å². The first-order chi connectivity index (χ1) is 21.1. The SMILES string of the molecule is CCCCCCCCN(CCCCCCCC)c1ccc(N=Nc2ccc(CCCN3CCOCC3)cc2[N+](=O)[O-])cc1. The first kappa shape index (κ1) is 34.6. The zero-order chi connectivity index (χ0) is 30.5. The smallest absolute Gasteiger partial charge is 0.296 e. The van der Waals surface area contributed by atoms with Crippen LogP contribution >= 0.6 is 0 Å². The van der Waals surface area contributed by atoms with E-state index in [1.165, 1.54) is 82.7 Å². The standard InChI is InChI=1S/C35H55N5O3/c1-3-5-7-9-11-13-24-39(25-14-12-10-8-6-4-2)33-20-18-32(19-21-33)36-37-34-22-17-31(30-35(34)40(41)42)16-15-23-38-26-28-43-29-27-38/h17-22,30H,3-16,23-29H2,1-2H3. The molecule has 0 aliphatic carbocycles. The minimum atomic E-state index is -0.356. The largest absolute Gasteiger partial charge is 0.379 e. The highest BCUT2D eigenvalue weighted by Crippen LogP contribution is 2.31. The third kappa shape index (κ3) is 13.6. The molecule has 0 bridgehead atoms. The number of unbranched alkanes of at least 4 members (excludes halogenated alkanes) is 10. The third-order valence-electron chi connectivity index (χ3n) is 8.33. The maximum atomic E-state index is 11.8. The molecular formula is C35H55N5O3. The number of hydrogen-bond acceptors (Lipinski definition) is 7. The lowest BCUT2D eigenvalue weighted by Crippen LogP contribution is -2.36. The van der Waals surface area contributed by atoms with E-state index in [-0.39, 0.29) is 10.6 Å². The number of nitrogens with zero attached hydrogens (tertiary/aromatic N) is 5. The number of hydrogen-bond donors (Lipinski definition) is 0. The molecule has 0 radical (unpaired) electrons. The molecule has 8 heteroatoms. The van der Waals surface area contributed by atoms with E-state index in [0.29, 0.717) is 11.4 Å². The Morgan fingerprint density at radius 1 is 0.791 bits per heavy atom. The first-order valence-electron chi connectivity index (χ1n) is 16.9. The molecule has 0 saturated carbocycles. The summed E-state index contributed by atoms with van der Waals surface area (Å²) in [4.78, 5) is 16.4. The van der Waals surface area contributed by atoms with Gasteiger partial charge < -0.3 is 9.64 Å². The van der Waals surface area contributed by atoms with Gasteiger partial charge in [-0.15, -0.1) is 5.11 Å². The van der Waals surface area contributed by atoms with E-state index >= 15 is 0 Å². The molecule has 1 fully saturated rings. The van der Waals surface area contributed by atoms with Crippen molar-refractivity contribution in [2.45, 2.75) is 104 Å². The van der Waals surface area contributed by atoms with Gasteiger partial charge in [0, 0.05) is 37.9 Å². The van der Waals surface area contributed by atoms with Crippen LogP contribution in [-0.2, 0) is 11.2 Å². The molecule has 0 amide bonds. The van der Waals surface area contributed by atoms with Gasteiger partial charge in [-0.25, -0.2) is 0 Å². The summed E-state index contributed by atoms with van der Waals surface area (Å²) in [5, 5.41) is 20.5. The van der Waals surface area contributed by atoms with Crippen LogP contribution in [0, 0.1) is 10.1 Å². The maximum Gasteiger partial charge on any atom is 0.296 e. The van der Waals surface area contributed by atoms with Crippen molar-refractivity contribution in [3.05, 3.63) is 58.1 Å². The Hall–Kier alpha value is -2.84. The van der Waals surface area contributed by atoms with Crippen molar-refractivity contribution in [3.8, 4) is 0 Å². The number of nitro benzene ring substituents is 1. The summed E-state index contributed by atoms with van der Waals surface area (Å²) >= 11 is 0. The van der Waals surface area contributed by atoms with E-state index in [9.17, 15) is 10.1 Å². The first-order valence-corrected chi connectivity index (χ1v) is 16.9. The van der Waals surface area contributed by atoms with Crippen LogP contribution in [0.4, 0.5) is 22.7 Å². The second kappa shape index (κ2) is 21.0. The van der Waals surface area contributed by atoms with Crippen LogP contribution in [0.25, 0.3) is 0 Å². The molecule has 0 unspecified atom stereocenters. The van der Waals surface area contributed by atoms with Gasteiger partial charge in [-0.3, -0.25) is 15.0 Å². The van der Waals surface area contributed by atoms with E-state index in [1.54, 1.807) is 12.1 Å². The quantitative estimate of drug-likeness (QED) is 0.0587. The lowest BCUT2D eigenvalue weighted by molar-refractivity contribution is -0.384. The highest BCUT2D eigenvalue weighted by molar-refractivity contribution is 5.59. The number of ether oxygens (including phenoxy) is 1. The van der Waals surface area contributed by atoms with Gasteiger partial charge in [0.1, 0.15) is 0 Å². The Bertz CT molecular complexity index is 1050. The van der Waals surface area contributed by atoms with Crippen LogP contribution in [0.3, 0.4) is 0 Å². The van der Waals surface area contributed by atoms with Crippen LogP contribution in [0.15, 0.2) is 52.7 Å². The van der Waals surface area contributed by atoms with Crippen molar-refractivity contribution in [1.29, 1.82) is 0 Å². The van der Waals surface area contributed by atoms with Crippen molar-refractivity contribution in [2.75, 3.05) is 50.8 Å². The average molecular weight is 594 g/mol. The van der Waals surface area contributed by atoms with Crippen molar-refractivity contribution in [1.82, 2.24) is 4.90 Å². The fourth-order valence-corrected chi connectivity index (χ4v) is 5.66. The monoisotopic (exact) mass is 593 g/mol. The fourth-order valence-electron chi connectivity index (χ4n) is 5.66. The molecule has 8 nitrogen and oxygen atoms in total. The predicted octanol–water partition coefficient (Wildman–Crippen LogP) is 9.80. The van der Waals surface area contributed by atoms with Crippen LogP contribution in [0.1, 0.15) is 103 Å². The molecule has 1 aliphatic rings. The summed E-state index contributed by atoms with van der Waals surface area (Å²) in [7, 11) is 0. The Labute approximate surface area is 260 Å². The van der Waals surface area contributed by atoms with Crippen molar-refractivity contribution in [3.63, 3.8) is 0 Å². The van der Waals surface area contributed by atoms with Crippen molar-refractivity contribution in [2.24, 2.45) is 10.2 Å². The molecule has 43 heavy (non-hydrogen) atoms. The number of rotatable bonds is 22. The lowest BCUT2D eigenvalue weighted by atomic mass is 10.1. The fraction of sp³-hybridized carbons (Fsp3) is 0.657. The molecule has 0 N–H and O–H groups in total. The number of aryl methyl sites for hydroxylation is 1. The Morgan fingerprint density at radius 2 is 1.40 bits per heavy atom. The van der Waals surface area contributed by atoms with Crippen molar-refractivity contribution >= 4 is 22.7 Å². The molecule has 2 aromatic rings. The Balaban J connectivity index is 1.57. The highest BCUT2D eigenvalue weighted by atomic mass is 16.6. The van der Waals surface area contributed by atoms with Gasteiger partial charge in [-0.2, -0.15) is 5.11 Å². The summed E-state index contributed by atoms with van der Waals surface area (Å²) in [5.74, 6) is 0. The maximum absolute atomic E-state index is 11.8. The van der Waals surface area contributed by atoms with Gasteiger partial charge in [0.15, 0.2) is 5.69 Å². The number of nitro groups is 1. The average Bonchev–Trinajstić information content (AvgIpc) is 3.03. The number of morpholine rings is 1. The summed E-state index contributed by atoms with van der Waals surface area (Å²) in [6, 6.07) is 13.5. The minimum absolute atomic E-state index is 0.00768. The second-order valence-electron chi connectivity index (χ2n) is 11.9. The van der Waals surface area contributed by atoms with Gasteiger partial charge in [0.2, 0.25) is 0 Å². The van der Waals surface area contributed by atoms with Gasteiger partial charge in [0.05, 0.1) is 23.8 Å². The third-order valence-corrected chi connectivity index (χ3v) is 8.33. The summed E-state index contributed by atoms with van der Waals surface area (Å²) in [6.07, 6.45) is 17.3. The van der Waals surface area contributed by atoms with E-state index in [4.69, 9.17) is 4.74 Å². The predicted molar refractivity (Wildman–Crippen MR) is 178 cm³/mol. The van der Waals surface area contributed by atoms with E-state index < -0.39 is 0 Å². The molecule has 1 aliphatic heterocycles. The van der Waals surface area contributed by atoms with Crippen LogP contribution in [0.5, 0.6) is 0 Å². The molecule has 0 aromatic heterocycles. The second-order valence-corrected chi connectivity index (χ2v) is 11.9. The normalized spacial score (nSPS) is 14.0. The number of anilines is 1. The molecule has 238 valence electrons. The summed E-state index contributed by atoms with van der Waals surface area (Å²) in [6.45, 7) is 11.1. The Kier molecular flexibility index (Phi) is 16.9. The Morgan fingerprint density at radius 3 is 2.00 bits per heavy atom. The molecule has 1 heterocycles. The van der Waals surface area contributed by atoms with Gasteiger partial charge in [-0.1, -0.05) is 84.1 Å². The van der Waals surface area contributed by atoms with Gasteiger partial charge >= 0.3 is 0 Å². The lowest BCUT2D eigenvalue weighted by Gasteiger charge is -2.26. The van der Waals surface area contributed by atoms with Crippen molar-refractivity contribution < 1.29 is 9.66 Å². The zero-order valence-corrected chi connectivity index (χ0v) is 26.9. The molecular weight excluding hydrogens is 538 g/mol. The van der Waals surface area contributed by atoms with E-state index in [1.807, 2.05) is 18.2 Å². The number of benzene rings is 2. The van der Waals surface area contributed by atoms with Crippen LogP contribution in [0.2, 0.25) is 0 Å². The molecule has 1 saturated heterocycles. The topological polar surface area (TPSA) is 83.6 Å². The summed E-state index contributed by atoms with van der Waals surface area (Å²) in [5.41, 5.74) is 3.17. The minimum Gasteiger partial charge on any atom is -0.379 e. The number of azo groups is 1. The highest BCUT2D eigenvalue weighted by Gasteiger charge is 2.16. The van der Waals surface area contributed by atoms with Gasteiger partial charge in [-0.05, 0) is 68.1 Å². The molecule has 2 aromatic carbocycles. The van der Waals surface area contributed by atoms with Crippen LogP contribution in [-0.4, -0.2) is 55.8 Å². The molecule has 0 atom stereocenters. The zero-order valence-electron chi connectivity index (χ0n) is 26.9.